The van der Waals surface area contributed by atoms with Gasteiger partial charge in [-0.3, -0.25) is 0 Å². The molecule has 0 bridgehead atoms. The van der Waals surface area contributed by atoms with E-state index in [4.69, 9.17) is 14.4 Å². The molecule has 1 aromatic heterocycles. The van der Waals surface area contributed by atoms with Gasteiger partial charge in [-0.05, 0) is 39.7 Å². The Bertz CT molecular complexity index is 1060. The quantitative estimate of drug-likeness (QED) is 0.581. The van der Waals surface area contributed by atoms with Gasteiger partial charge in [-0.2, -0.15) is 4.98 Å². The van der Waals surface area contributed by atoms with Gasteiger partial charge in [0.1, 0.15) is 12.6 Å². The van der Waals surface area contributed by atoms with Crippen molar-refractivity contribution in [2.24, 2.45) is 5.92 Å². The van der Waals surface area contributed by atoms with Gasteiger partial charge in [0.2, 0.25) is 5.89 Å². The maximum Gasteiger partial charge on any atom is 0.407 e. The standard InChI is InChI=1S/C23H23N3O5/c1-13(2)11-19(21-25-20(22(27)28)26-31-21)24-23(29)30-12-18-16-9-5-3-7-14(16)15-8-4-6-10-17(15)18/h3-10,13,18-19H,11-12H2,1-2H3,(H,24,29)(H,27,28). The number of carboxylic acids is 1. The summed E-state index contributed by atoms with van der Waals surface area (Å²) >= 11 is 0. The summed E-state index contributed by atoms with van der Waals surface area (Å²) in [7, 11) is 0. The Balaban J connectivity index is 1.47. The van der Waals surface area contributed by atoms with E-state index in [1.165, 1.54) is 0 Å². The second-order valence-electron chi connectivity index (χ2n) is 7.91. The van der Waals surface area contributed by atoms with E-state index in [0.717, 1.165) is 22.3 Å². The van der Waals surface area contributed by atoms with Crippen molar-refractivity contribution < 1.29 is 24.0 Å². The number of carbonyl (C=O) groups excluding carboxylic acids is 1. The highest BCUT2D eigenvalue weighted by Crippen LogP contribution is 2.44. The van der Waals surface area contributed by atoms with Crippen molar-refractivity contribution in [3.8, 4) is 11.1 Å². The van der Waals surface area contributed by atoms with Crippen LogP contribution in [0.25, 0.3) is 11.1 Å². The highest BCUT2D eigenvalue weighted by molar-refractivity contribution is 5.82. The lowest BCUT2D eigenvalue weighted by atomic mass is 9.98. The Morgan fingerprint density at radius 1 is 1.10 bits per heavy atom. The number of aromatic carboxylic acids is 1. The van der Waals surface area contributed by atoms with Crippen LogP contribution in [0.3, 0.4) is 0 Å². The smallest absolute Gasteiger partial charge is 0.407 e. The third-order valence-corrected chi connectivity index (χ3v) is 5.27. The van der Waals surface area contributed by atoms with Crippen molar-refractivity contribution in [2.75, 3.05) is 6.61 Å². The molecule has 1 amide bonds. The summed E-state index contributed by atoms with van der Waals surface area (Å²) in [6.45, 7) is 4.13. The second kappa shape index (κ2) is 8.59. The molecular weight excluding hydrogens is 398 g/mol. The molecule has 1 aliphatic carbocycles. The molecule has 160 valence electrons. The van der Waals surface area contributed by atoms with E-state index >= 15 is 0 Å². The molecule has 2 N–H and O–H groups in total. The summed E-state index contributed by atoms with van der Waals surface area (Å²) in [5.74, 6) is -1.56. The van der Waals surface area contributed by atoms with Gasteiger partial charge >= 0.3 is 12.1 Å². The van der Waals surface area contributed by atoms with Crippen LogP contribution in [0.4, 0.5) is 4.79 Å². The normalized spacial score (nSPS) is 13.5. The lowest BCUT2D eigenvalue weighted by molar-refractivity contribution is 0.0680. The van der Waals surface area contributed by atoms with E-state index in [-0.39, 0.29) is 24.3 Å². The number of nitrogens with one attached hydrogen (secondary N) is 1. The average molecular weight is 421 g/mol. The molecule has 31 heavy (non-hydrogen) atoms. The molecule has 3 aromatic rings. The summed E-state index contributed by atoms with van der Waals surface area (Å²) in [5, 5.41) is 15.2. The van der Waals surface area contributed by atoms with Gasteiger partial charge < -0.3 is 19.7 Å². The Kier molecular flexibility index (Phi) is 5.70. The van der Waals surface area contributed by atoms with Gasteiger partial charge in [0.15, 0.2) is 0 Å². The molecule has 1 heterocycles. The van der Waals surface area contributed by atoms with Crippen molar-refractivity contribution in [1.82, 2.24) is 15.5 Å². The first-order valence-electron chi connectivity index (χ1n) is 10.1. The Morgan fingerprint density at radius 2 is 1.71 bits per heavy atom. The Morgan fingerprint density at radius 3 is 2.26 bits per heavy atom. The number of hydrogen-bond donors (Lipinski definition) is 2. The van der Waals surface area contributed by atoms with Crippen LogP contribution < -0.4 is 5.32 Å². The molecule has 0 radical (unpaired) electrons. The van der Waals surface area contributed by atoms with Crippen molar-refractivity contribution in [1.29, 1.82) is 0 Å². The predicted octanol–water partition coefficient (Wildman–Crippen LogP) is 4.39. The molecule has 0 saturated carbocycles. The number of carboxylic acid groups (broad SMARTS) is 1. The zero-order valence-electron chi connectivity index (χ0n) is 17.2. The van der Waals surface area contributed by atoms with Gasteiger partial charge in [-0.25, -0.2) is 9.59 Å². The maximum atomic E-state index is 12.6. The number of hydrogen-bond acceptors (Lipinski definition) is 6. The minimum absolute atomic E-state index is 0.0413. The van der Waals surface area contributed by atoms with Gasteiger partial charge in [-0.15, -0.1) is 0 Å². The molecule has 1 atom stereocenters. The molecule has 1 unspecified atom stereocenters. The molecule has 0 spiro atoms. The Hall–Kier alpha value is -3.68. The van der Waals surface area contributed by atoms with Gasteiger partial charge in [0.05, 0.1) is 0 Å². The topological polar surface area (TPSA) is 115 Å². The summed E-state index contributed by atoms with van der Waals surface area (Å²) in [6, 6.07) is 15.6. The van der Waals surface area contributed by atoms with E-state index in [0.29, 0.717) is 6.42 Å². The van der Waals surface area contributed by atoms with E-state index in [1.54, 1.807) is 0 Å². The largest absolute Gasteiger partial charge is 0.475 e. The molecule has 0 fully saturated rings. The molecule has 0 aliphatic heterocycles. The fourth-order valence-corrected chi connectivity index (χ4v) is 3.94. The molecule has 1 aliphatic rings. The first-order valence-corrected chi connectivity index (χ1v) is 10.1. The number of fused-ring (bicyclic) bond motifs is 3. The molecule has 8 heteroatoms. The van der Waals surface area contributed by atoms with Crippen molar-refractivity contribution >= 4 is 12.1 Å². The third kappa shape index (κ3) is 4.28. The van der Waals surface area contributed by atoms with Crippen LogP contribution in [0.5, 0.6) is 0 Å². The number of alkyl carbamates (subject to hydrolysis) is 1. The molecular formula is C23H23N3O5. The summed E-state index contributed by atoms with van der Waals surface area (Å²) < 4.78 is 10.6. The van der Waals surface area contributed by atoms with E-state index in [2.05, 4.69) is 39.7 Å². The molecule has 0 saturated heterocycles. The number of aromatic nitrogens is 2. The van der Waals surface area contributed by atoms with Crippen LogP contribution in [0.2, 0.25) is 0 Å². The van der Waals surface area contributed by atoms with E-state index in [9.17, 15) is 9.59 Å². The Labute approximate surface area is 179 Å². The summed E-state index contributed by atoms with van der Waals surface area (Å²) in [6.07, 6.45) is -0.131. The zero-order chi connectivity index (χ0) is 22.0. The molecule has 4 rings (SSSR count). The SMILES string of the molecule is CC(C)CC(NC(=O)OCC1c2ccccc2-c2ccccc21)c1nc(C(=O)O)no1. The lowest BCUT2D eigenvalue weighted by Crippen LogP contribution is -2.31. The van der Waals surface area contributed by atoms with E-state index < -0.39 is 23.9 Å². The molecule has 8 nitrogen and oxygen atoms in total. The molecule has 2 aromatic carbocycles. The van der Waals surface area contributed by atoms with Gasteiger partial charge in [0.25, 0.3) is 5.82 Å². The predicted molar refractivity (Wildman–Crippen MR) is 112 cm³/mol. The van der Waals surface area contributed by atoms with Crippen LogP contribution in [-0.2, 0) is 4.74 Å². The summed E-state index contributed by atoms with van der Waals surface area (Å²) in [4.78, 5) is 27.5. The average Bonchev–Trinajstić information content (AvgIpc) is 3.35. The minimum atomic E-state index is -1.29. The number of ether oxygens (including phenoxy) is 1. The minimum Gasteiger partial charge on any atom is -0.475 e. The van der Waals surface area contributed by atoms with Crippen LogP contribution in [0.15, 0.2) is 53.1 Å². The highest BCUT2D eigenvalue weighted by Gasteiger charge is 2.30. The fourth-order valence-electron chi connectivity index (χ4n) is 3.94. The number of rotatable bonds is 7. The maximum absolute atomic E-state index is 12.6. The highest BCUT2D eigenvalue weighted by atomic mass is 16.5. The first-order chi connectivity index (χ1) is 14.9. The van der Waals surface area contributed by atoms with Gasteiger partial charge in [-0.1, -0.05) is 62.4 Å². The number of carbonyl (C=O) groups is 2. The third-order valence-electron chi connectivity index (χ3n) is 5.27. The fraction of sp³-hybridized carbons (Fsp3) is 0.304. The first kappa shape index (κ1) is 20.6. The number of nitrogens with zero attached hydrogens (tertiary/aromatic N) is 2. The summed E-state index contributed by atoms with van der Waals surface area (Å²) in [5.41, 5.74) is 4.55. The number of benzene rings is 2. The zero-order valence-corrected chi connectivity index (χ0v) is 17.2. The van der Waals surface area contributed by atoms with Crippen molar-refractivity contribution in [3.05, 3.63) is 71.4 Å². The second-order valence-corrected chi connectivity index (χ2v) is 7.91. The van der Waals surface area contributed by atoms with Crippen LogP contribution in [0.1, 0.15) is 59.9 Å². The van der Waals surface area contributed by atoms with Crippen LogP contribution in [0, 0.1) is 5.92 Å². The van der Waals surface area contributed by atoms with Crippen LogP contribution in [-0.4, -0.2) is 33.9 Å². The number of amides is 1. The van der Waals surface area contributed by atoms with Gasteiger partial charge in [0, 0.05) is 5.92 Å². The monoisotopic (exact) mass is 421 g/mol. The van der Waals surface area contributed by atoms with E-state index in [1.807, 2.05) is 38.1 Å². The van der Waals surface area contributed by atoms with Crippen molar-refractivity contribution in [3.63, 3.8) is 0 Å². The van der Waals surface area contributed by atoms with Crippen LogP contribution >= 0.6 is 0 Å². The van der Waals surface area contributed by atoms with Crippen molar-refractivity contribution in [2.45, 2.75) is 32.2 Å². The lowest BCUT2D eigenvalue weighted by Gasteiger charge is -2.19.